The number of hydrogen-bond donors (Lipinski definition) is 1. The van der Waals surface area contributed by atoms with E-state index in [1.807, 2.05) is 0 Å². The van der Waals surface area contributed by atoms with Gasteiger partial charge >= 0.3 is 23.2 Å². The lowest BCUT2D eigenvalue weighted by molar-refractivity contribution is -0.309. The van der Waals surface area contributed by atoms with Gasteiger partial charge in [-0.1, -0.05) is 11.6 Å². The summed E-state index contributed by atoms with van der Waals surface area (Å²) in [5.41, 5.74) is 0. The van der Waals surface area contributed by atoms with Crippen molar-refractivity contribution in [1.29, 1.82) is 0 Å². The molecule has 0 saturated heterocycles. The average molecular weight is 230 g/mol. The molecule has 0 aromatic carbocycles. The molecule has 0 saturated carbocycles. The zero-order chi connectivity index (χ0) is 11.1. The lowest BCUT2D eigenvalue weighted by Crippen LogP contribution is -2.55. The summed E-state index contributed by atoms with van der Waals surface area (Å²) < 4.78 is 70.1. The summed E-state index contributed by atoms with van der Waals surface area (Å²) in [7, 11) is 0. The first-order valence-electron chi connectivity index (χ1n) is 2.50. The molecule has 1 unspecified atom stereocenters. The molecule has 0 radical (unpaired) electrons. The number of alkyl halides is 7. The fraction of sp³-hybridized carbons (Fsp3) is 0.750. The quantitative estimate of drug-likeness (QED) is 0.583. The van der Waals surface area contributed by atoms with Crippen LogP contribution in [0.1, 0.15) is 0 Å². The second-order valence-electron chi connectivity index (χ2n) is 1.95. The number of halogens is 7. The van der Waals surface area contributed by atoms with Crippen molar-refractivity contribution in [2.75, 3.05) is 0 Å². The van der Waals surface area contributed by atoms with Crippen LogP contribution in [-0.4, -0.2) is 28.3 Å². The molecule has 0 aromatic rings. The third-order valence-electron chi connectivity index (χ3n) is 1.02. The van der Waals surface area contributed by atoms with Crippen LogP contribution in [-0.2, 0) is 4.79 Å². The van der Waals surface area contributed by atoms with Gasteiger partial charge in [0.1, 0.15) is 0 Å². The predicted octanol–water partition coefficient (Wildman–Crippen LogP) is 2.17. The molecule has 0 amide bonds. The minimum atomic E-state index is -6.36. The van der Waals surface area contributed by atoms with Crippen molar-refractivity contribution in [2.24, 2.45) is 0 Å². The summed E-state index contributed by atoms with van der Waals surface area (Å²) in [6.07, 6.45) is -6.36. The van der Waals surface area contributed by atoms with E-state index in [9.17, 15) is 31.1 Å². The Hall–Kier alpha value is -0.660. The largest absolute Gasteiger partial charge is 0.478 e. The first kappa shape index (κ1) is 12.3. The third kappa shape index (κ3) is 1.82. The maximum Gasteiger partial charge on any atom is 0.458 e. The van der Waals surface area contributed by atoms with Gasteiger partial charge in [-0.15, -0.1) is 0 Å². The molecule has 0 heterocycles. The smallest absolute Gasteiger partial charge is 0.458 e. The van der Waals surface area contributed by atoms with Gasteiger partial charge in [-0.25, -0.2) is 9.18 Å². The first-order valence-corrected chi connectivity index (χ1v) is 2.88. The van der Waals surface area contributed by atoms with E-state index in [0.29, 0.717) is 0 Å². The van der Waals surface area contributed by atoms with Gasteiger partial charge in [-0.2, -0.15) is 22.0 Å². The summed E-state index contributed by atoms with van der Waals surface area (Å²) in [5.74, 6) is -9.25. The van der Waals surface area contributed by atoms with Crippen LogP contribution < -0.4 is 0 Å². The fourth-order valence-corrected chi connectivity index (χ4v) is 0.419. The molecule has 0 aliphatic rings. The summed E-state index contributed by atoms with van der Waals surface area (Å²) in [4.78, 5) is 9.63. The van der Waals surface area contributed by atoms with Gasteiger partial charge < -0.3 is 5.11 Å². The standard InChI is InChI=1S/C4HClF6O2/c5-2(6,1(12)13)3(7,8)4(9,10)11/h(H,12,13). The molecule has 78 valence electrons. The van der Waals surface area contributed by atoms with E-state index in [2.05, 4.69) is 11.6 Å². The van der Waals surface area contributed by atoms with Crippen LogP contribution in [0.25, 0.3) is 0 Å². The molecule has 1 atom stereocenters. The molecule has 0 rings (SSSR count). The monoisotopic (exact) mass is 230 g/mol. The van der Waals surface area contributed by atoms with Crippen LogP contribution in [0.15, 0.2) is 0 Å². The Kier molecular flexibility index (Phi) is 2.78. The SMILES string of the molecule is O=C(O)C(F)(Cl)C(F)(F)C(F)(F)F. The van der Waals surface area contributed by atoms with Crippen LogP contribution >= 0.6 is 11.6 Å². The second-order valence-corrected chi connectivity index (χ2v) is 2.47. The lowest BCUT2D eigenvalue weighted by atomic mass is 10.2. The van der Waals surface area contributed by atoms with Crippen molar-refractivity contribution in [1.82, 2.24) is 0 Å². The highest BCUT2D eigenvalue weighted by molar-refractivity contribution is 6.33. The summed E-state index contributed by atoms with van der Waals surface area (Å²) in [6.45, 7) is 0. The molecular formula is C4HClF6O2. The van der Waals surface area contributed by atoms with Crippen LogP contribution in [0.3, 0.4) is 0 Å². The van der Waals surface area contributed by atoms with Gasteiger partial charge in [-0.3, -0.25) is 0 Å². The Morgan fingerprint density at radius 1 is 1.08 bits per heavy atom. The Bertz CT molecular complexity index is 221. The van der Waals surface area contributed by atoms with E-state index in [-0.39, 0.29) is 0 Å². The van der Waals surface area contributed by atoms with Crippen LogP contribution in [0.4, 0.5) is 26.3 Å². The van der Waals surface area contributed by atoms with Crippen molar-refractivity contribution in [3.05, 3.63) is 0 Å². The normalized spacial score (nSPS) is 18.1. The predicted molar refractivity (Wildman–Crippen MR) is 28.3 cm³/mol. The topological polar surface area (TPSA) is 37.3 Å². The van der Waals surface area contributed by atoms with Crippen molar-refractivity contribution >= 4 is 17.6 Å². The molecule has 0 fully saturated rings. The van der Waals surface area contributed by atoms with Crippen molar-refractivity contribution in [3.63, 3.8) is 0 Å². The lowest BCUT2D eigenvalue weighted by Gasteiger charge is -2.25. The number of carboxylic acids is 1. The number of carbonyl (C=O) groups is 1. The zero-order valence-electron chi connectivity index (χ0n) is 5.50. The number of aliphatic carboxylic acids is 1. The van der Waals surface area contributed by atoms with Crippen molar-refractivity contribution in [3.8, 4) is 0 Å². The molecule has 0 bridgehead atoms. The number of hydrogen-bond acceptors (Lipinski definition) is 1. The highest BCUT2D eigenvalue weighted by Crippen LogP contribution is 2.47. The first-order chi connectivity index (χ1) is 5.44. The van der Waals surface area contributed by atoms with E-state index in [1.54, 1.807) is 0 Å². The zero-order valence-corrected chi connectivity index (χ0v) is 6.26. The Labute approximate surface area is 72.1 Å². The molecule has 13 heavy (non-hydrogen) atoms. The van der Waals surface area contributed by atoms with Crippen LogP contribution in [0.5, 0.6) is 0 Å². The molecule has 0 spiro atoms. The summed E-state index contributed by atoms with van der Waals surface area (Å²) in [6, 6.07) is 0. The number of rotatable bonds is 2. The second kappa shape index (κ2) is 2.93. The minimum Gasteiger partial charge on any atom is -0.478 e. The van der Waals surface area contributed by atoms with E-state index in [1.165, 1.54) is 0 Å². The highest BCUT2D eigenvalue weighted by atomic mass is 35.5. The van der Waals surface area contributed by atoms with E-state index in [0.717, 1.165) is 0 Å². The average Bonchev–Trinajstić information content (AvgIpc) is 1.84. The van der Waals surface area contributed by atoms with Gasteiger partial charge in [0.2, 0.25) is 0 Å². The molecule has 1 N–H and O–H groups in total. The van der Waals surface area contributed by atoms with Gasteiger partial charge in [-0.05, 0) is 0 Å². The molecular weight excluding hydrogens is 229 g/mol. The van der Waals surface area contributed by atoms with Gasteiger partial charge in [0.05, 0.1) is 0 Å². The van der Waals surface area contributed by atoms with E-state index < -0.39 is 23.2 Å². The maximum absolute atomic E-state index is 12.2. The van der Waals surface area contributed by atoms with Crippen LogP contribution in [0, 0.1) is 0 Å². The summed E-state index contributed by atoms with van der Waals surface area (Å²) in [5, 5.41) is 2.46. The summed E-state index contributed by atoms with van der Waals surface area (Å²) >= 11 is 3.91. The Morgan fingerprint density at radius 3 is 1.46 bits per heavy atom. The highest BCUT2D eigenvalue weighted by Gasteiger charge is 2.75. The number of carboxylic acid groups (broad SMARTS) is 1. The van der Waals surface area contributed by atoms with Gasteiger partial charge in [0, 0.05) is 0 Å². The molecule has 0 aliphatic carbocycles. The Morgan fingerprint density at radius 2 is 1.38 bits per heavy atom. The van der Waals surface area contributed by atoms with E-state index >= 15 is 0 Å². The molecule has 2 nitrogen and oxygen atoms in total. The van der Waals surface area contributed by atoms with E-state index in [4.69, 9.17) is 5.11 Å². The Balaban J connectivity index is 5.16. The van der Waals surface area contributed by atoms with Crippen LogP contribution in [0.2, 0.25) is 0 Å². The van der Waals surface area contributed by atoms with Crippen molar-refractivity contribution < 1.29 is 36.2 Å². The fourth-order valence-electron chi connectivity index (χ4n) is 0.312. The third-order valence-corrected chi connectivity index (χ3v) is 1.42. The maximum atomic E-state index is 12.2. The van der Waals surface area contributed by atoms with Gasteiger partial charge in [0.15, 0.2) is 0 Å². The van der Waals surface area contributed by atoms with Gasteiger partial charge in [0.25, 0.3) is 0 Å². The molecule has 0 aromatic heterocycles. The van der Waals surface area contributed by atoms with Crippen molar-refractivity contribution in [2.45, 2.75) is 17.2 Å². The minimum absolute atomic E-state index is 3.10. The molecule has 9 heteroatoms. The molecule has 0 aliphatic heterocycles.